The van der Waals surface area contributed by atoms with Crippen LogP contribution >= 0.6 is 0 Å². The summed E-state index contributed by atoms with van der Waals surface area (Å²) >= 11 is 0. The van der Waals surface area contributed by atoms with Gasteiger partial charge in [-0.25, -0.2) is 18.7 Å². The Balaban J connectivity index is 1.37. The molecule has 16 heteroatoms. The van der Waals surface area contributed by atoms with E-state index in [-0.39, 0.29) is 46.3 Å². The van der Waals surface area contributed by atoms with Crippen LogP contribution in [0.25, 0.3) is 22.0 Å². The topological polar surface area (TPSA) is 126 Å². The van der Waals surface area contributed by atoms with Crippen LogP contribution in [-0.2, 0) is 29.9 Å². The molecule has 3 N–H and O–H groups in total. The standard InChI is InChI=1S/C38H29F7N6O3/c1-36(2,54)12-11-22-9-10-24(23-5-3-7-26-31(23)46-18-47-35(26)53)32(48-22)28(15-19-13-20(39)16-21(40)14-19)49-29(52)17-51-34-30(33(50-51)38(43,44)45)25-6-4-8-27(25)37(34,41)42/h3-7,9-10,13-14,16,18,25,27-28,54H,8,15,17H2,1-2H3,(H,49,52)(H,46,47,53)/t25-,27+,28-/m0/s1. The average molecular weight is 751 g/mol. The van der Waals surface area contributed by atoms with Crippen LogP contribution in [0.3, 0.4) is 0 Å². The number of fused-ring (bicyclic) bond motifs is 4. The number of pyridine rings is 1. The second kappa shape index (κ2) is 13.2. The number of para-hydroxylation sites is 1. The second-order valence-corrected chi connectivity index (χ2v) is 13.7. The summed E-state index contributed by atoms with van der Waals surface area (Å²) in [5.41, 5.74) is -4.21. The van der Waals surface area contributed by atoms with Crippen molar-refractivity contribution in [2.24, 2.45) is 5.92 Å². The number of aromatic nitrogens is 5. The molecule has 0 fully saturated rings. The van der Waals surface area contributed by atoms with E-state index in [9.17, 15) is 36.6 Å². The molecule has 7 rings (SSSR count). The van der Waals surface area contributed by atoms with Gasteiger partial charge in [-0.3, -0.25) is 14.3 Å². The molecule has 3 aromatic heterocycles. The molecule has 1 amide bonds. The highest BCUT2D eigenvalue weighted by atomic mass is 19.4. The summed E-state index contributed by atoms with van der Waals surface area (Å²) in [6.07, 6.45) is -1.78. The first-order valence-corrected chi connectivity index (χ1v) is 16.6. The van der Waals surface area contributed by atoms with Gasteiger partial charge in [0.25, 0.3) is 11.5 Å². The Bertz CT molecular complexity index is 2450. The Hall–Kier alpha value is -5.82. The maximum atomic E-state index is 15.8. The van der Waals surface area contributed by atoms with E-state index in [0.29, 0.717) is 16.3 Å². The predicted molar refractivity (Wildman–Crippen MR) is 181 cm³/mol. The van der Waals surface area contributed by atoms with E-state index in [1.54, 1.807) is 18.2 Å². The van der Waals surface area contributed by atoms with E-state index >= 15 is 8.78 Å². The molecular formula is C38H29F7N6O3. The molecule has 2 aliphatic carbocycles. The number of allylic oxidation sites excluding steroid dienone is 2. The van der Waals surface area contributed by atoms with Crippen molar-refractivity contribution in [3.05, 3.63) is 123 Å². The number of alkyl halides is 5. The number of aliphatic hydroxyl groups is 1. The fraction of sp³-hybridized carbons (Fsp3) is 0.289. The molecule has 9 nitrogen and oxygen atoms in total. The van der Waals surface area contributed by atoms with E-state index in [0.717, 1.165) is 12.1 Å². The highest BCUT2D eigenvalue weighted by Gasteiger charge is 2.60. The van der Waals surface area contributed by atoms with Crippen molar-refractivity contribution < 1.29 is 40.6 Å². The Kier molecular flexibility index (Phi) is 8.96. The molecule has 0 unspecified atom stereocenters. The molecule has 0 bridgehead atoms. The molecule has 0 radical (unpaired) electrons. The summed E-state index contributed by atoms with van der Waals surface area (Å²) in [6.45, 7) is 1.78. The minimum Gasteiger partial charge on any atom is -0.378 e. The molecule has 3 heterocycles. The molecule has 2 aromatic carbocycles. The first-order chi connectivity index (χ1) is 25.4. The van der Waals surface area contributed by atoms with Gasteiger partial charge in [-0.2, -0.15) is 27.1 Å². The summed E-state index contributed by atoms with van der Waals surface area (Å²) in [4.78, 5) is 38.0. The number of nitrogens with one attached hydrogen (secondary N) is 2. The molecule has 3 atom stereocenters. The van der Waals surface area contributed by atoms with Crippen molar-refractivity contribution in [2.45, 2.75) is 62.9 Å². The van der Waals surface area contributed by atoms with Crippen molar-refractivity contribution in [3.8, 4) is 23.0 Å². The minimum atomic E-state index is -5.10. The van der Waals surface area contributed by atoms with E-state index in [1.807, 2.05) is 0 Å². The van der Waals surface area contributed by atoms with Crippen molar-refractivity contribution >= 4 is 16.8 Å². The lowest BCUT2D eigenvalue weighted by Gasteiger charge is -2.23. The zero-order valence-corrected chi connectivity index (χ0v) is 28.4. The molecular weight excluding hydrogens is 721 g/mol. The lowest BCUT2D eigenvalue weighted by molar-refractivity contribution is -0.142. The Morgan fingerprint density at radius 1 is 1.11 bits per heavy atom. The van der Waals surface area contributed by atoms with Crippen LogP contribution in [0, 0.1) is 29.4 Å². The molecule has 0 aliphatic heterocycles. The first-order valence-electron chi connectivity index (χ1n) is 16.6. The van der Waals surface area contributed by atoms with Gasteiger partial charge < -0.3 is 15.4 Å². The van der Waals surface area contributed by atoms with Gasteiger partial charge in [-0.1, -0.05) is 30.2 Å². The number of carbonyl (C=O) groups excluding carboxylic acids is 1. The highest BCUT2D eigenvalue weighted by Crippen LogP contribution is 2.59. The number of hydrogen-bond acceptors (Lipinski definition) is 6. The summed E-state index contributed by atoms with van der Waals surface area (Å²) in [6, 6.07) is 9.02. The number of benzene rings is 2. The summed E-state index contributed by atoms with van der Waals surface area (Å²) in [7, 11) is 0. The minimum absolute atomic E-state index is 0.0109. The van der Waals surface area contributed by atoms with E-state index < -0.39 is 82.2 Å². The second-order valence-electron chi connectivity index (χ2n) is 13.7. The molecule has 0 saturated carbocycles. The van der Waals surface area contributed by atoms with Gasteiger partial charge in [-0.15, -0.1) is 0 Å². The summed E-state index contributed by atoms with van der Waals surface area (Å²) in [5.74, 6) is -4.09. The molecule has 5 aromatic rings. The third-order valence-electron chi connectivity index (χ3n) is 9.24. The molecule has 0 saturated heterocycles. The maximum Gasteiger partial charge on any atom is 0.435 e. The SMILES string of the molecule is CC(C)(O)C#Cc1ccc(-c2cccc3c(=O)[nH]cnc23)c([C@H](Cc2cc(F)cc(F)c2)NC(=O)Cn2nc(C(F)(F)F)c3c2C(F)(F)[C@@H]2CC=C[C@H]32)n1. The quantitative estimate of drug-likeness (QED) is 0.0996. The number of rotatable bonds is 7. The van der Waals surface area contributed by atoms with E-state index in [4.69, 9.17) is 0 Å². The third-order valence-corrected chi connectivity index (χ3v) is 9.24. The summed E-state index contributed by atoms with van der Waals surface area (Å²) < 4.78 is 103. The van der Waals surface area contributed by atoms with Gasteiger partial charge >= 0.3 is 6.18 Å². The fourth-order valence-corrected chi connectivity index (χ4v) is 7.09. The first kappa shape index (κ1) is 36.5. The predicted octanol–water partition coefficient (Wildman–Crippen LogP) is 6.47. The number of nitrogens with zero attached hydrogens (tertiary/aromatic N) is 4. The lowest BCUT2D eigenvalue weighted by Crippen LogP contribution is -2.35. The number of aromatic amines is 1. The molecule has 278 valence electrons. The maximum absolute atomic E-state index is 15.8. The largest absolute Gasteiger partial charge is 0.435 e. The summed E-state index contributed by atoms with van der Waals surface area (Å²) in [5, 5.41) is 16.5. The van der Waals surface area contributed by atoms with Gasteiger partial charge in [0.1, 0.15) is 35.2 Å². The van der Waals surface area contributed by atoms with Crippen molar-refractivity contribution in [3.63, 3.8) is 0 Å². The Morgan fingerprint density at radius 2 is 1.85 bits per heavy atom. The van der Waals surface area contributed by atoms with Crippen LogP contribution in [0.2, 0.25) is 0 Å². The number of halogens is 7. The number of amides is 1. The van der Waals surface area contributed by atoms with Crippen LogP contribution in [0.1, 0.15) is 66.1 Å². The Labute approximate surface area is 302 Å². The highest BCUT2D eigenvalue weighted by molar-refractivity contribution is 5.93. The van der Waals surface area contributed by atoms with Gasteiger partial charge in [-0.05, 0) is 68.5 Å². The monoisotopic (exact) mass is 750 g/mol. The molecule has 2 aliphatic rings. The van der Waals surface area contributed by atoms with Gasteiger partial charge in [0.15, 0.2) is 5.69 Å². The fourth-order valence-electron chi connectivity index (χ4n) is 7.09. The third kappa shape index (κ3) is 6.86. The zero-order valence-electron chi connectivity index (χ0n) is 28.4. The van der Waals surface area contributed by atoms with E-state index in [1.165, 1.54) is 44.5 Å². The van der Waals surface area contributed by atoms with E-state index in [2.05, 4.69) is 37.2 Å². The van der Waals surface area contributed by atoms with Crippen LogP contribution in [0.15, 0.2) is 71.8 Å². The zero-order chi connectivity index (χ0) is 38.7. The number of carbonyl (C=O) groups is 1. The molecule has 54 heavy (non-hydrogen) atoms. The normalized spacial score (nSPS) is 17.9. The van der Waals surface area contributed by atoms with Crippen molar-refractivity contribution in [1.82, 2.24) is 30.0 Å². The average Bonchev–Trinajstić information content (AvgIpc) is 3.77. The smallest absolute Gasteiger partial charge is 0.378 e. The molecule has 0 spiro atoms. The van der Waals surface area contributed by atoms with Crippen molar-refractivity contribution in [1.29, 1.82) is 0 Å². The van der Waals surface area contributed by atoms with Crippen LogP contribution in [0.4, 0.5) is 30.7 Å². The van der Waals surface area contributed by atoms with Crippen molar-refractivity contribution in [2.75, 3.05) is 0 Å². The lowest BCUT2D eigenvalue weighted by atomic mass is 9.93. The number of H-pyrrole nitrogens is 1. The van der Waals surface area contributed by atoms with Gasteiger partial charge in [0, 0.05) is 34.6 Å². The van der Waals surface area contributed by atoms with Crippen LogP contribution in [0.5, 0.6) is 0 Å². The van der Waals surface area contributed by atoms with Gasteiger partial charge in [0.2, 0.25) is 5.91 Å². The van der Waals surface area contributed by atoms with Crippen LogP contribution in [-0.4, -0.2) is 41.3 Å². The number of hydrogen-bond donors (Lipinski definition) is 3. The van der Waals surface area contributed by atoms with Crippen LogP contribution < -0.4 is 10.9 Å². The Morgan fingerprint density at radius 3 is 2.56 bits per heavy atom. The van der Waals surface area contributed by atoms with Gasteiger partial charge in [0.05, 0.1) is 29.0 Å².